The highest BCUT2D eigenvalue weighted by atomic mass is 32.2. The van der Waals surface area contributed by atoms with Crippen molar-refractivity contribution in [1.29, 1.82) is 0 Å². The third-order valence-electron chi connectivity index (χ3n) is 2.53. The molecule has 0 saturated carbocycles. The summed E-state index contributed by atoms with van der Waals surface area (Å²) in [4.78, 5) is 17.6. The molecule has 2 heterocycles. The van der Waals surface area contributed by atoms with Crippen molar-refractivity contribution in [3.05, 3.63) is 58.8 Å². The summed E-state index contributed by atoms with van der Waals surface area (Å²) in [5.41, 5.74) is 0.440. The van der Waals surface area contributed by atoms with Crippen molar-refractivity contribution in [1.82, 2.24) is 14.7 Å². The summed E-state index contributed by atoms with van der Waals surface area (Å²) in [5, 5.41) is 0. The lowest BCUT2D eigenvalue weighted by Gasteiger charge is -2.05. The van der Waals surface area contributed by atoms with Crippen LogP contribution in [0, 0.1) is 0 Å². The van der Waals surface area contributed by atoms with E-state index in [0.717, 1.165) is 5.56 Å². The van der Waals surface area contributed by atoms with Crippen LogP contribution >= 0.6 is 0 Å². The van der Waals surface area contributed by atoms with Crippen LogP contribution in [0.2, 0.25) is 0 Å². The molecule has 0 amide bonds. The Kier molecular flexibility index (Phi) is 4.08. The molecular weight excluding hydrogens is 266 g/mol. The molecule has 0 aliphatic rings. The lowest BCUT2D eigenvalue weighted by atomic mass is 10.2. The Morgan fingerprint density at radius 2 is 1.95 bits per heavy atom. The molecule has 0 aliphatic heterocycles. The average molecular weight is 279 g/mol. The molecule has 2 aromatic rings. The minimum atomic E-state index is -3.77. The van der Waals surface area contributed by atoms with Gasteiger partial charge in [-0.15, -0.1) is 0 Å². The van der Waals surface area contributed by atoms with Crippen molar-refractivity contribution >= 4 is 10.0 Å². The molecule has 0 aromatic carbocycles. The molecule has 0 unspecified atom stereocenters. The summed E-state index contributed by atoms with van der Waals surface area (Å²) in [6.07, 6.45) is 6.39. The number of hydrogen-bond acceptors (Lipinski definition) is 4. The lowest BCUT2D eigenvalue weighted by molar-refractivity contribution is 0.580. The number of hydrogen-bond donors (Lipinski definition) is 2. The van der Waals surface area contributed by atoms with Crippen LogP contribution < -0.4 is 10.2 Å². The Bertz CT molecular complexity index is 695. The Balaban J connectivity index is 2.03. The second-order valence-electron chi connectivity index (χ2n) is 3.88. The van der Waals surface area contributed by atoms with E-state index < -0.39 is 15.5 Å². The van der Waals surface area contributed by atoms with E-state index in [-0.39, 0.29) is 11.4 Å². The van der Waals surface area contributed by atoms with Crippen LogP contribution in [0.3, 0.4) is 0 Å². The number of nitrogens with zero attached hydrogens (tertiary/aromatic N) is 1. The number of aromatic nitrogens is 2. The molecule has 2 rings (SSSR count). The van der Waals surface area contributed by atoms with E-state index in [1.807, 2.05) is 12.1 Å². The van der Waals surface area contributed by atoms with Gasteiger partial charge in [0.1, 0.15) is 4.90 Å². The zero-order chi connectivity index (χ0) is 13.7. The molecule has 0 saturated heterocycles. The van der Waals surface area contributed by atoms with Crippen LogP contribution in [0.15, 0.2) is 52.7 Å². The Morgan fingerprint density at radius 1 is 1.21 bits per heavy atom. The molecule has 2 N–H and O–H groups in total. The van der Waals surface area contributed by atoms with Crippen molar-refractivity contribution in [3.63, 3.8) is 0 Å². The maximum atomic E-state index is 11.9. The van der Waals surface area contributed by atoms with Crippen LogP contribution in [0.25, 0.3) is 0 Å². The van der Waals surface area contributed by atoms with Crippen LogP contribution in [0.1, 0.15) is 5.56 Å². The van der Waals surface area contributed by atoms with Crippen LogP contribution in [0.5, 0.6) is 0 Å². The van der Waals surface area contributed by atoms with Gasteiger partial charge >= 0.3 is 0 Å². The van der Waals surface area contributed by atoms with E-state index in [9.17, 15) is 13.2 Å². The van der Waals surface area contributed by atoms with Gasteiger partial charge in [0.15, 0.2) is 0 Å². The fourth-order valence-corrected chi connectivity index (χ4v) is 2.65. The summed E-state index contributed by atoms with van der Waals surface area (Å²) in [6.45, 7) is 0.223. The first kappa shape index (κ1) is 13.4. The van der Waals surface area contributed by atoms with Crippen LogP contribution in [0.4, 0.5) is 0 Å². The first-order valence-corrected chi connectivity index (χ1v) is 7.13. The predicted octanol–water partition coefficient (Wildman–Crippen LogP) is 0.291. The predicted molar refractivity (Wildman–Crippen MR) is 70.2 cm³/mol. The van der Waals surface area contributed by atoms with E-state index in [1.54, 1.807) is 12.4 Å². The largest absolute Gasteiger partial charge is 0.366 e. The topological polar surface area (TPSA) is 91.9 Å². The van der Waals surface area contributed by atoms with Crippen molar-refractivity contribution in [2.24, 2.45) is 0 Å². The number of pyridine rings is 2. The van der Waals surface area contributed by atoms with Crippen molar-refractivity contribution < 1.29 is 8.42 Å². The third-order valence-corrected chi connectivity index (χ3v) is 4.02. The summed E-state index contributed by atoms with van der Waals surface area (Å²) in [6, 6.07) is 4.80. The molecule has 2 aromatic heterocycles. The van der Waals surface area contributed by atoms with Gasteiger partial charge in [-0.1, -0.05) is 0 Å². The second-order valence-corrected chi connectivity index (χ2v) is 5.61. The summed E-state index contributed by atoms with van der Waals surface area (Å²) in [5.74, 6) is 0. The van der Waals surface area contributed by atoms with Gasteiger partial charge in [-0.05, 0) is 24.1 Å². The van der Waals surface area contributed by atoms with Crippen molar-refractivity contribution in [2.75, 3.05) is 6.54 Å². The monoisotopic (exact) mass is 279 g/mol. The molecule has 7 heteroatoms. The van der Waals surface area contributed by atoms with E-state index >= 15 is 0 Å². The third kappa shape index (κ3) is 3.49. The van der Waals surface area contributed by atoms with Crippen molar-refractivity contribution in [2.45, 2.75) is 11.3 Å². The van der Waals surface area contributed by atoms with Crippen LogP contribution in [-0.2, 0) is 16.4 Å². The molecule has 0 bridgehead atoms. The normalized spacial score (nSPS) is 11.4. The van der Waals surface area contributed by atoms with E-state index in [1.165, 1.54) is 18.5 Å². The molecule has 0 fully saturated rings. The second kappa shape index (κ2) is 5.77. The smallest absolute Gasteiger partial charge is 0.245 e. The highest BCUT2D eigenvalue weighted by Gasteiger charge is 2.16. The van der Waals surface area contributed by atoms with E-state index in [2.05, 4.69) is 14.7 Å². The van der Waals surface area contributed by atoms with Gasteiger partial charge in [-0.25, -0.2) is 13.1 Å². The van der Waals surface area contributed by atoms with Gasteiger partial charge in [-0.3, -0.25) is 9.78 Å². The zero-order valence-corrected chi connectivity index (χ0v) is 10.9. The summed E-state index contributed by atoms with van der Waals surface area (Å²) < 4.78 is 26.2. The van der Waals surface area contributed by atoms with Gasteiger partial charge in [-0.2, -0.15) is 0 Å². The number of H-pyrrole nitrogens is 1. The molecule has 0 atom stereocenters. The quantitative estimate of drug-likeness (QED) is 0.823. The standard InChI is InChI=1S/C12H13N3O3S/c16-11-4-7-14-9-12(11)19(17,18)15-8-3-10-1-5-13-6-2-10/h1-2,4-7,9,15H,3,8H2,(H,14,16). The Labute approximate surface area is 110 Å². The molecule has 19 heavy (non-hydrogen) atoms. The number of sulfonamides is 1. The van der Waals surface area contributed by atoms with E-state index in [0.29, 0.717) is 6.42 Å². The molecule has 0 spiro atoms. The molecule has 0 aliphatic carbocycles. The highest BCUT2D eigenvalue weighted by molar-refractivity contribution is 7.89. The fraction of sp³-hybridized carbons (Fsp3) is 0.167. The SMILES string of the molecule is O=c1cc[nH]cc1S(=O)(=O)NCCc1ccncc1. The van der Waals surface area contributed by atoms with Crippen molar-refractivity contribution in [3.8, 4) is 0 Å². The first-order chi connectivity index (χ1) is 9.09. The van der Waals surface area contributed by atoms with Crippen LogP contribution in [-0.4, -0.2) is 24.9 Å². The Hall–Kier alpha value is -1.99. The van der Waals surface area contributed by atoms with Gasteiger partial charge in [0, 0.05) is 37.4 Å². The maximum Gasteiger partial charge on any atom is 0.245 e. The molecule has 6 nitrogen and oxygen atoms in total. The molecule has 0 radical (unpaired) electrons. The minimum absolute atomic E-state index is 0.223. The first-order valence-electron chi connectivity index (χ1n) is 5.65. The average Bonchev–Trinajstić information content (AvgIpc) is 2.40. The number of rotatable bonds is 5. The van der Waals surface area contributed by atoms with Gasteiger partial charge < -0.3 is 4.98 Å². The summed E-state index contributed by atoms with van der Waals surface area (Å²) in [7, 11) is -3.77. The Morgan fingerprint density at radius 3 is 2.63 bits per heavy atom. The fourth-order valence-electron chi connectivity index (χ4n) is 1.57. The number of aromatic amines is 1. The van der Waals surface area contributed by atoms with Gasteiger partial charge in [0.05, 0.1) is 0 Å². The molecular formula is C12H13N3O3S. The number of nitrogens with one attached hydrogen (secondary N) is 2. The van der Waals surface area contributed by atoms with E-state index in [4.69, 9.17) is 0 Å². The van der Waals surface area contributed by atoms with Gasteiger partial charge in [0.25, 0.3) is 0 Å². The zero-order valence-electron chi connectivity index (χ0n) is 10.0. The summed E-state index contributed by atoms with van der Waals surface area (Å²) >= 11 is 0. The highest BCUT2D eigenvalue weighted by Crippen LogP contribution is 2.01. The maximum absolute atomic E-state index is 11.9. The lowest BCUT2D eigenvalue weighted by Crippen LogP contribution is -2.29. The van der Waals surface area contributed by atoms with Gasteiger partial charge in [0.2, 0.25) is 15.5 Å². The molecule has 100 valence electrons. The minimum Gasteiger partial charge on any atom is -0.366 e.